The van der Waals surface area contributed by atoms with Gasteiger partial charge in [0.2, 0.25) is 0 Å². The smallest absolute Gasteiger partial charge is 0.325 e. The molecule has 0 saturated carbocycles. The Kier molecular flexibility index (Phi) is 8.43. The lowest BCUT2D eigenvalue weighted by molar-refractivity contribution is -0.140. The van der Waals surface area contributed by atoms with E-state index in [1.165, 1.54) is 22.5 Å². The van der Waals surface area contributed by atoms with Gasteiger partial charge in [0.25, 0.3) is 5.91 Å². The van der Waals surface area contributed by atoms with Gasteiger partial charge in [-0.2, -0.15) is 0 Å². The Labute approximate surface area is 228 Å². The number of methoxy groups -OCH3 is 2. The molecule has 0 unspecified atom stereocenters. The number of benzene rings is 3. The molecule has 0 aliphatic carbocycles. The zero-order valence-corrected chi connectivity index (χ0v) is 22.7. The van der Waals surface area contributed by atoms with Crippen LogP contribution >= 0.6 is 12.2 Å². The van der Waals surface area contributed by atoms with E-state index in [9.17, 15) is 9.59 Å². The van der Waals surface area contributed by atoms with Crippen molar-refractivity contribution < 1.29 is 23.8 Å². The van der Waals surface area contributed by atoms with Crippen molar-refractivity contribution in [2.45, 2.75) is 26.9 Å². The normalized spacial score (nSPS) is 14.3. The van der Waals surface area contributed by atoms with Crippen LogP contribution in [0, 0.1) is 6.92 Å². The van der Waals surface area contributed by atoms with Crippen LogP contribution < -0.4 is 14.4 Å². The summed E-state index contributed by atoms with van der Waals surface area (Å²) in [4.78, 5) is 28.7. The molecule has 0 N–H and O–H groups in total. The first kappa shape index (κ1) is 26.9. The number of hydrogen-bond donors (Lipinski definition) is 0. The van der Waals surface area contributed by atoms with Gasteiger partial charge in [0.1, 0.15) is 18.8 Å². The van der Waals surface area contributed by atoms with Gasteiger partial charge in [-0.1, -0.05) is 55.0 Å². The number of hydrogen-bond acceptors (Lipinski definition) is 6. The minimum absolute atomic E-state index is 0.189. The van der Waals surface area contributed by atoms with E-state index in [2.05, 4.69) is 6.92 Å². The second-order valence-corrected chi connectivity index (χ2v) is 9.18. The molecule has 0 radical (unpaired) electrons. The number of carbonyl (C=O) groups excluding carboxylic acids is 2. The zero-order chi connectivity index (χ0) is 27.2. The quantitative estimate of drug-likeness (QED) is 0.211. The van der Waals surface area contributed by atoms with Crippen LogP contribution in [0.1, 0.15) is 29.2 Å². The Balaban J connectivity index is 1.63. The Morgan fingerprint density at radius 2 is 1.63 bits per heavy atom. The second kappa shape index (κ2) is 11.9. The standard InChI is InChI=1S/C30H30N2O5S/c1-5-21-10-13-24(14-11-21)32-29(34)25(31(30(32)38)18-28(33)36-4)16-23-12-15-26(27(17-23)35-3)37-19-22-8-6-20(2)7-9-22/h6-17H,5,18-19H2,1-4H3/b25-16-. The maximum absolute atomic E-state index is 13.6. The van der Waals surface area contributed by atoms with Gasteiger partial charge in [0.15, 0.2) is 16.6 Å². The van der Waals surface area contributed by atoms with E-state index < -0.39 is 5.97 Å². The van der Waals surface area contributed by atoms with E-state index in [4.69, 9.17) is 26.4 Å². The fourth-order valence-electron chi connectivity index (χ4n) is 4.03. The number of aryl methyl sites for hydroxylation is 2. The minimum Gasteiger partial charge on any atom is -0.493 e. The Hall–Kier alpha value is -4.17. The molecule has 7 nitrogen and oxygen atoms in total. The molecular weight excluding hydrogens is 500 g/mol. The van der Waals surface area contributed by atoms with E-state index in [1.807, 2.05) is 61.5 Å². The fourth-order valence-corrected chi connectivity index (χ4v) is 4.38. The van der Waals surface area contributed by atoms with Gasteiger partial charge in [-0.05, 0) is 72.6 Å². The maximum Gasteiger partial charge on any atom is 0.325 e. The summed E-state index contributed by atoms with van der Waals surface area (Å²) in [5.41, 5.74) is 4.95. The SMILES string of the molecule is CCc1ccc(N2C(=O)/C(=C/c3ccc(OCc4ccc(C)cc4)c(OC)c3)N(CC(=O)OC)C2=S)cc1. The van der Waals surface area contributed by atoms with E-state index in [-0.39, 0.29) is 23.3 Å². The number of rotatable bonds is 9. The van der Waals surface area contributed by atoms with Crippen molar-refractivity contribution >= 4 is 41.0 Å². The average molecular weight is 531 g/mol. The molecule has 38 heavy (non-hydrogen) atoms. The predicted octanol–water partition coefficient (Wildman–Crippen LogP) is 5.29. The number of carbonyl (C=O) groups is 2. The molecule has 1 fully saturated rings. The summed E-state index contributed by atoms with van der Waals surface area (Å²) in [7, 11) is 2.86. The second-order valence-electron chi connectivity index (χ2n) is 8.82. The lowest BCUT2D eigenvalue weighted by atomic mass is 10.1. The molecule has 4 rings (SSSR count). The molecule has 1 aliphatic rings. The molecule has 1 saturated heterocycles. The Bertz CT molecular complexity index is 1370. The topological polar surface area (TPSA) is 68.3 Å². The number of esters is 1. The highest BCUT2D eigenvalue weighted by atomic mass is 32.1. The highest BCUT2D eigenvalue weighted by Gasteiger charge is 2.40. The number of anilines is 1. The maximum atomic E-state index is 13.6. The molecule has 196 valence electrons. The van der Waals surface area contributed by atoms with Crippen molar-refractivity contribution in [3.63, 3.8) is 0 Å². The molecule has 1 heterocycles. The summed E-state index contributed by atoms with van der Waals surface area (Å²) in [6.07, 6.45) is 2.56. The number of amides is 1. The van der Waals surface area contributed by atoms with Crippen molar-refractivity contribution in [3.8, 4) is 11.5 Å². The zero-order valence-electron chi connectivity index (χ0n) is 21.9. The third-order valence-corrected chi connectivity index (χ3v) is 6.66. The lowest BCUT2D eigenvalue weighted by Gasteiger charge is -2.19. The summed E-state index contributed by atoms with van der Waals surface area (Å²) in [6.45, 7) is 4.30. The minimum atomic E-state index is -0.508. The molecule has 0 bridgehead atoms. The van der Waals surface area contributed by atoms with Crippen molar-refractivity contribution in [2.75, 3.05) is 25.7 Å². The van der Waals surface area contributed by atoms with E-state index in [1.54, 1.807) is 25.3 Å². The van der Waals surface area contributed by atoms with Crippen LogP contribution in [-0.2, 0) is 27.4 Å². The summed E-state index contributed by atoms with van der Waals surface area (Å²) in [5, 5.41) is 0.209. The first-order valence-corrected chi connectivity index (χ1v) is 12.6. The molecule has 0 spiro atoms. The molecule has 3 aromatic rings. The molecule has 1 amide bonds. The van der Waals surface area contributed by atoms with Crippen molar-refractivity contribution in [1.29, 1.82) is 0 Å². The Morgan fingerprint density at radius 1 is 0.947 bits per heavy atom. The summed E-state index contributed by atoms with van der Waals surface area (Å²) < 4.78 is 16.4. The van der Waals surface area contributed by atoms with Gasteiger partial charge in [-0.25, -0.2) is 0 Å². The number of ether oxygens (including phenoxy) is 3. The predicted molar refractivity (Wildman–Crippen MR) is 151 cm³/mol. The van der Waals surface area contributed by atoms with Gasteiger partial charge in [0.05, 0.1) is 19.9 Å². The first-order chi connectivity index (χ1) is 18.3. The lowest BCUT2D eigenvalue weighted by Crippen LogP contribution is -2.35. The molecular formula is C30H30N2O5S. The van der Waals surface area contributed by atoms with Gasteiger partial charge >= 0.3 is 5.97 Å². The largest absolute Gasteiger partial charge is 0.493 e. The number of nitrogens with zero attached hydrogens (tertiary/aromatic N) is 2. The molecule has 0 aromatic heterocycles. The summed E-state index contributed by atoms with van der Waals surface area (Å²) in [5.74, 6) is 0.257. The third kappa shape index (κ3) is 5.86. The van der Waals surface area contributed by atoms with Crippen LogP contribution in [0.15, 0.2) is 72.4 Å². The van der Waals surface area contributed by atoms with Crippen LogP contribution in [-0.4, -0.2) is 42.7 Å². The van der Waals surface area contributed by atoms with Crippen LogP contribution in [0.2, 0.25) is 0 Å². The first-order valence-electron chi connectivity index (χ1n) is 12.2. The van der Waals surface area contributed by atoms with E-state index in [0.717, 1.165) is 17.5 Å². The van der Waals surface area contributed by atoms with Gasteiger partial charge in [0, 0.05) is 0 Å². The molecule has 8 heteroatoms. The highest BCUT2D eigenvalue weighted by molar-refractivity contribution is 7.80. The molecule has 3 aromatic carbocycles. The van der Waals surface area contributed by atoms with Crippen LogP contribution in [0.3, 0.4) is 0 Å². The highest BCUT2D eigenvalue weighted by Crippen LogP contribution is 2.33. The third-order valence-electron chi connectivity index (χ3n) is 6.26. The van der Waals surface area contributed by atoms with Crippen LogP contribution in [0.5, 0.6) is 11.5 Å². The van der Waals surface area contributed by atoms with Crippen LogP contribution in [0.4, 0.5) is 5.69 Å². The van der Waals surface area contributed by atoms with E-state index in [0.29, 0.717) is 29.4 Å². The number of thiocarbonyl (C=S) groups is 1. The fraction of sp³-hybridized carbons (Fsp3) is 0.233. The molecule has 0 atom stereocenters. The summed E-state index contributed by atoms with van der Waals surface area (Å²) in [6, 6.07) is 21.1. The van der Waals surface area contributed by atoms with Gasteiger partial charge in [-0.15, -0.1) is 0 Å². The molecule has 1 aliphatic heterocycles. The van der Waals surface area contributed by atoms with Crippen molar-refractivity contribution in [2.24, 2.45) is 0 Å². The average Bonchev–Trinajstić information content (AvgIpc) is 3.16. The van der Waals surface area contributed by atoms with Crippen LogP contribution in [0.25, 0.3) is 6.08 Å². The van der Waals surface area contributed by atoms with Crippen molar-refractivity contribution in [1.82, 2.24) is 4.90 Å². The van der Waals surface area contributed by atoms with Crippen molar-refractivity contribution in [3.05, 3.63) is 94.7 Å². The van der Waals surface area contributed by atoms with Gasteiger partial charge < -0.3 is 19.1 Å². The Morgan fingerprint density at radius 3 is 2.26 bits per heavy atom. The monoisotopic (exact) mass is 530 g/mol. The van der Waals surface area contributed by atoms with Gasteiger partial charge in [-0.3, -0.25) is 14.5 Å². The van der Waals surface area contributed by atoms with E-state index >= 15 is 0 Å². The summed E-state index contributed by atoms with van der Waals surface area (Å²) >= 11 is 5.64.